The number of aliphatic hydroxyl groups excluding tert-OH is 1. The standard InChI is InChI=1S/C23H22O7.C21H18O4.2CH4/c1-14-11-15(3-7-18(14)25)5-9-20(27)22(23(29)30-2)21(28)10-6-16-4-8-19(26)17(12-16)13-24;1-25-21(24)20(18(22)14-12-16-8-4-2-5-9-16)19(23)15-13-17-10-6-3-7-11-17;;/h3-12,22,24-26H,13H2,1-2H3;2-15,20H,1H3;2*1H4/b9-5+,10-6+;14-12+,15-13+;;. The Labute approximate surface area is 332 Å². The monoisotopic (exact) mass is 776 g/mol. The van der Waals surface area contributed by atoms with E-state index in [0.717, 1.165) is 37.5 Å². The Kier molecular flexibility index (Phi) is 20.6. The summed E-state index contributed by atoms with van der Waals surface area (Å²) < 4.78 is 9.21. The summed E-state index contributed by atoms with van der Waals surface area (Å²) in [7, 11) is 2.23. The summed E-state index contributed by atoms with van der Waals surface area (Å²) in [6.07, 6.45) is 10.6. The van der Waals surface area contributed by atoms with Crippen LogP contribution in [-0.4, -0.2) is 64.6 Å². The zero-order chi connectivity index (χ0) is 40.3. The van der Waals surface area contributed by atoms with E-state index in [1.165, 1.54) is 48.6 Å². The molecule has 3 N–H and O–H groups in total. The first-order valence-corrected chi connectivity index (χ1v) is 16.7. The molecule has 0 radical (unpaired) electrons. The molecular weight excluding hydrogens is 728 g/mol. The molecule has 4 rings (SSSR count). The molecule has 11 heteroatoms. The zero-order valence-corrected chi connectivity index (χ0v) is 30.3. The highest BCUT2D eigenvalue weighted by molar-refractivity contribution is 6.25. The predicted molar refractivity (Wildman–Crippen MR) is 220 cm³/mol. The molecule has 0 saturated carbocycles. The maximum absolute atomic E-state index is 12.5. The van der Waals surface area contributed by atoms with Crippen LogP contribution in [0.25, 0.3) is 24.3 Å². The molecule has 4 aromatic carbocycles. The van der Waals surface area contributed by atoms with Crippen molar-refractivity contribution in [3.05, 3.63) is 155 Å². The van der Waals surface area contributed by atoms with E-state index in [0.29, 0.717) is 16.7 Å². The molecule has 0 saturated heterocycles. The van der Waals surface area contributed by atoms with Gasteiger partial charge in [0.05, 0.1) is 20.8 Å². The minimum Gasteiger partial charge on any atom is -0.508 e. The number of benzene rings is 4. The SMILES string of the molecule is C.C.COC(=O)C(C(=O)/C=C/c1ccc(O)c(C)c1)C(=O)/C=C/c1ccc(O)c(CO)c1.COC(=O)C(C(=O)/C=C/c1ccccc1)C(=O)/C=C/c1ccccc1. The highest BCUT2D eigenvalue weighted by atomic mass is 16.5. The zero-order valence-electron chi connectivity index (χ0n) is 30.3. The molecule has 4 aromatic rings. The lowest BCUT2D eigenvalue weighted by molar-refractivity contribution is -0.153. The van der Waals surface area contributed by atoms with Crippen molar-refractivity contribution in [2.45, 2.75) is 28.4 Å². The molecule has 298 valence electrons. The quantitative estimate of drug-likeness (QED) is 0.0633. The van der Waals surface area contributed by atoms with Crippen LogP contribution in [0.1, 0.15) is 48.2 Å². The first-order valence-electron chi connectivity index (χ1n) is 16.7. The van der Waals surface area contributed by atoms with Gasteiger partial charge in [0.2, 0.25) is 0 Å². The molecule has 0 fully saturated rings. The lowest BCUT2D eigenvalue weighted by Crippen LogP contribution is -2.30. The molecule has 0 bridgehead atoms. The third-order valence-electron chi connectivity index (χ3n) is 7.87. The summed E-state index contributed by atoms with van der Waals surface area (Å²) in [5.74, 6) is -7.71. The van der Waals surface area contributed by atoms with Gasteiger partial charge in [0.1, 0.15) is 11.5 Å². The van der Waals surface area contributed by atoms with Crippen molar-refractivity contribution in [1.29, 1.82) is 0 Å². The maximum Gasteiger partial charge on any atom is 0.324 e. The molecule has 0 aliphatic carbocycles. The number of methoxy groups -OCH3 is 2. The van der Waals surface area contributed by atoms with Gasteiger partial charge >= 0.3 is 11.9 Å². The number of rotatable bonds is 15. The highest BCUT2D eigenvalue weighted by Gasteiger charge is 2.32. The predicted octanol–water partition coefficient (Wildman–Crippen LogP) is 7.17. The van der Waals surface area contributed by atoms with Crippen LogP contribution in [-0.2, 0) is 44.8 Å². The Balaban J connectivity index is 0.000000559. The number of esters is 2. The van der Waals surface area contributed by atoms with Crippen LogP contribution in [0, 0.1) is 18.8 Å². The van der Waals surface area contributed by atoms with E-state index in [4.69, 9.17) is 0 Å². The van der Waals surface area contributed by atoms with Gasteiger partial charge in [0.15, 0.2) is 35.0 Å². The maximum atomic E-state index is 12.5. The molecule has 57 heavy (non-hydrogen) atoms. The smallest absolute Gasteiger partial charge is 0.324 e. The second-order valence-electron chi connectivity index (χ2n) is 11.8. The van der Waals surface area contributed by atoms with Crippen LogP contribution in [0.4, 0.5) is 0 Å². The van der Waals surface area contributed by atoms with Gasteiger partial charge in [-0.15, -0.1) is 0 Å². The number of ketones is 4. The fourth-order valence-corrected chi connectivity index (χ4v) is 4.83. The van der Waals surface area contributed by atoms with E-state index in [2.05, 4.69) is 9.47 Å². The number of ether oxygens (including phenoxy) is 2. The van der Waals surface area contributed by atoms with E-state index in [9.17, 15) is 44.1 Å². The molecule has 0 aliphatic rings. The minimum atomic E-state index is -1.66. The summed E-state index contributed by atoms with van der Waals surface area (Å²) in [6.45, 7) is 1.32. The van der Waals surface area contributed by atoms with Crippen molar-refractivity contribution < 1.29 is 53.6 Å². The summed E-state index contributed by atoms with van der Waals surface area (Å²) in [5, 5.41) is 28.3. The van der Waals surface area contributed by atoms with E-state index >= 15 is 0 Å². The summed E-state index contributed by atoms with van der Waals surface area (Å²) >= 11 is 0. The topological polar surface area (TPSA) is 182 Å². The third kappa shape index (κ3) is 15.0. The van der Waals surface area contributed by atoms with E-state index < -0.39 is 46.9 Å². The molecule has 0 aliphatic heterocycles. The number of aryl methyl sites for hydroxylation is 1. The molecule has 0 heterocycles. The largest absolute Gasteiger partial charge is 0.508 e. The fourth-order valence-electron chi connectivity index (χ4n) is 4.83. The Morgan fingerprint density at radius 3 is 1.23 bits per heavy atom. The molecule has 11 nitrogen and oxygen atoms in total. The molecule has 1 unspecified atom stereocenters. The van der Waals surface area contributed by atoms with E-state index in [1.54, 1.807) is 31.2 Å². The van der Waals surface area contributed by atoms with Gasteiger partial charge in [0.25, 0.3) is 0 Å². The van der Waals surface area contributed by atoms with Gasteiger partial charge in [-0.25, -0.2) is 0 Å². The average molecular weight is 777 g/mol. The fraction of sp³-hybridized carbons (Fsp3) is 0.174. The van der Waals surface area contributed by atoms with Crippen LogP contribution >= 0.6 is 0 Å². The second-order valence-corrected chi connectivity index (χ2v) is 11.8. The van der Waals surface area contributed by atoms with E-state index in [1.807, 2.05) is 60.7 Å². The number of phenols is 2. The Morgan fingerprint density at radius 2 is 0.877 bits per heavy atom. The van der Waals surface area contributed by atoms with Crippen molar-refractivity contribution in [3.8, 4) is 11.5 Å². The van der Waals surface area contributed by atoms with E-state index in [-0.39, 0.29) is 38.5 Å². The van der Waals surface area contributed by atoms with Gasteiger partial charge in [0, 0.05) is 5.56 Å². The van der Waals surface area contributed by atoms with Crippen LogP contribution in [0.3, 0.4) is 0 Å². The van der Waals surface area contributed by atoms with Crippen LogP contribution in [0.5, 0.6) is 11.5 Å². The van der Waals surface area contributed by atoms with Crippen molar-refractivity contribution in [2.24, 2.45) is 11.8 Å². The van der Waals surface area contributed by atoms with Crippen molar-refractivity contribution >= 4 is 59.4 Å². The summed E-state index contributed by atoms with van der Waals surface area (Å²) in [6, 6.07) is 27.3. The number of hydrogen-bond donors (Lipinski definition) is 3. The normalized spacial score (nSPS) is 11.3. The second kappa shape index (κ2) is 24.4. The van der Waals surface area contributed by atoms with Gasteiger partial charge in [-0.1, -0.05) is 112 Å². The number of carbonyl (C=O) groups excluding carboxylic acids is 6. The van der Waals surface area contributed by atoms with Gasteiger partial charge in [-0.2, -0.15) is 0 Å². The number of hydrogen-bond acceptors (Lipinski definition) is 11. The van der Waals surface area contributed by atoms with Gasteiger partial charge in [-0.3, -0.25) is 28.8 Å². The average Bonchev–Trinajstić information content (AvgIpc) is 3.20. The van der Waals surface area contributed by atoms with Crippen LogP contribution < -0.4 is 0 Å². The number of aliphatic hydroxyl groups is 1. The van der Waals surface area contributed by atoms with Crippen LogP contribution in [0.15, 0.2) is 121 Å². The molecule has 0 amide bonds. The van der Waals surface area contributed by atoms with Crippen molar-refractivity contribution in [2.75, 3.05) is 14.2 Å². The molecule has 0 spiro atoms. The summed E-state index contributed by atoms with van der Waals surface area (Å²) in [4.78, 5) is 73.6. The number of phenolic OH excluding ortho intramolecular Hbond substituents is 1. The Bertz CT molecular complexity index is 2050. The van der Waals surface area contributed by atoms with Crippen molar-refractivity contribution in [3.63, 3.8) is 0 Å². The number of carbonyl (C=O) groups is 6. The third-order valence-corrected chi connectivity index (χ3v) is 7.87. The first kappa shape index (κ1) is 48.0. The first-order chi connectivity index (χ1) is 26.4. The molecular formula is C46H48O11. The Morgan fingerprint density at radius 1 is 0.526 bits per heavy atom. The lowest BCUT2D eigenvalue weighted by Gasteiger charge is -2.08. The molecule has 0 aromatic heterocycles. The number of aromatic hydroxyl groups is 2. The molecule has 1 atom stereocenters. The lowest BCUT2D eigenvalue weighted by atomic mass is 9.96. The number of allylic oxidation sites excluding steroid dienone is 4. The highest BCUT2D eigenvalue weighted by Crippen LogP contribution is 2.21. The Hall–Kier alpha value is -6.98. The minimum absolute atomic E-state index is 0. The van der Waals surface area contributed by atoms with Gasteiger partial charge < -0.3 is 24.8 Å². The summed E-state index contributed by atoms with van der Waals surface area (Å²) in [5.41, 5.74) is 3.60. The van der Waals surface area contributed by atoms with Crippen molar-refractivity contribution in [1.82, 2.24) is 0 Å². The van der Waals surface area contributed by atoms with Crippen LogP contribution in [0.2, 0.25) is 0 Å². The van der Waals surface area contributed by atoms with Gasteiger partial charge in [-0.05, 0) is 83.3 Å².